The molecule has 7 heteroatoms. The topological polar surface area (TPSA) is 87.8 Å². The smallest absolute Gasteiger partial charge is 0.261 e. The molecule has 0 atom stereocenters. The summed E-state index contributed by atoms with van der Waals surface area (Å²) in [5.41, 5.74) is 3.48. The molecule has 4 aromatic rings. The van der Waals surface area contributed by atoms with Gasteiger partial charge in [-0.25, -0.2) is 13.1 Å². The first-order valence-electron chi connectivity index (χ1n) is 9.67. The molecule has 0 fully saturated rings. The second-order valence-electron chi connectivity index (χ2n) is 7.11. The largest absolute Gasteiger partial charge is 0.263 e. The van der Waals surface area contributed by atoms with Crippen LogP contribution in [0, 0.1) is 18.3 Å². The van der Waals surface area contributed by atoms with Gasteiger partial charge in [-0.1, -0.05) is 78.4 Å². The first-order valence-corrected chi connectivity index (χ1v) is 11.2. The number of nitrogens with one attached hydrogen (secondary N) is 1. The van der Waals surface area contributed by atoms with Crippen LogP contribution in [0.1, 0.15) is 16.8 Å². The van der Waals surface area contributed by atoms with Crippen LogP contribution in [0.2, 0.25) is 0 Å². The van der Waals surface area contributed by atoms with Gasteiger partial charge in [0.1, 0.15) is 11.8 Å². The van der Waals surface area contributed by atoms with Crippen molar-refractivity contribution >= 4 is 15.8 Å². The third-order valence-electron chi connectivity index (χ3n) is 4.86. The van der Waals surface area contributed by atoms with Gasteiger partial charge < -0.3 is 0 Å². The van der Waals surface area contributed by atoms with E-state index in [4.69, 9.17) is 0 Å². The third kappa shape index (κ3) is 4.34. The van der Waals surface area contributed by atoms with Crippen molar-refractivity contribution < 1.29 is 8.42 Å². The molecule has 1 heterocycles. The Labute approximate surface area is 181 Å². The van der Waals surface area contributed by atoms with Crippen LogP contribution in [-0.4, -0.2) is 18.2 Å². The molecule has 0 aliphatic rings. The van der Waals surface area contributed by atoms with Crippen LogP contribution in [0.15, 0.2) is 89.8 Å². The van der Waals surface area contributed by atoms with Gasteiger partial charge in [0.25, 0.3) is 10.0 Å². The van der Waals surface area contributed by atoms with Gasteiger partial charge in [-0.05, 0) is 30.2 Å². The molecule has 154 valence electrons. The molecule has 0 aliphatic carbocycles. The molecule has 4 rings (SSSR count). The summed E-state index contributed by atoms with van der Waals surface area (Å²) < 4.78 is 30.0. The number of aromatic nitrogens is 2. The van der Waals surface area contributed by atoms with Gasteiger partial charge in [0.05, 0.1) is 17.0 Å². The van der Waals surface area contributed by atoms with Gasteiger partial charge in [-0.3, -0.25) is 4.72 Å². The molecule has 0 unspecified atom stereocenters. The minimum atomic E-state index is -3.87. The summed E-state index contributed by atoms with van der Waals surface area (Å²) in [4.78, 5) is 0.126. The molecule has 0 radical (unpaired) electrons. The van der Waals surface area contributed by atoms with Crippen molar-refractivity contribution in [1.82, 2.24) is 9.78 Å². The Bertz CT molecular complexity index is 1340. The number of benzene rings is 3. The molecule has 31 heavy (non-hydrogen) atoms. The Morgan fingerprint density at radius 2 is 1.55 bits per heavy atom. The Balaban J connectivity index is 1.84. The van der Waals surface area contributed by atoms with Crippen molar-refractivity contribution in [2.45, 2.75) is 18.4 Å². The van der Waals surface area contributed by atoms with Gasteiger partial charge in [0, 0.05) is 0 Å². The van der Waals surface area contributed by atoms with Crippen molar-refractivity contribution in [1.29, 1.82) is 5.26 Å². The quantitative estimate of drug-likeness (QED) is 0.487. The summed E-state index contributed by atoms with van der Waals surface area (Å²) in [5.74, 6) is 0.125. The number of anilines is 1. The number of hydrogen-bond acceptors (Lipinski definition) is 4. The fraction of sp³-hybridized carbons (Fsp3) is 0.0833. The number of nitriles is 1. The van der Waals surface area contributed by atoms with Crippen LogP contribution in [0.3, 0.4) is 0 Å². The first-order chi connectivity index (χ1) is 15.0. The van der Waals surface area contributed by atoms with Crippen molar-refractivity contribution in [3.63, 3.8) is 0 Å². The maximum absolute atomic E-state index is 13.0. The Morgan fingerprint density at radius 3 is 2.16 bits per heavy atom. The standard InChI is InChI=1S/C24H20N4O2S/c1-18-12-14-20(15-13-18)23-22(16-25)28(17-19-8-4-2-5-9-19)26-24(23)27-31(29,30)21-10-6-3-7-11-21/h2-15H,17H2,1H3,(H,26,27). The van der Waals surface area contributed by atoms with Crippen LogP contribution >= 0.6 is 0 Å². The second kappa shape index (κ2) is 8.46. The number of sulfonamides is 1. The minimum absolute atomic E-state index is 0.125. The minimum Gasteiger partial charge on any atom is -0.261 e. The number of rotatable bonds is 6. The van der Waals surface area contributed by atoms with Crippen LogP contribution in [0.25, 0.3) is 11.1 Å². The summed E-state index contributed by atoms with van der Waals surface area (Å²) in [6.07, 6.45) is 0. The molecule has 0 spiro atoms. The molecule has 0 saturated heterocycles. The average molecular weight is 429 g/mol. The van der Waals surface area contributed by atoms with Crippen molar-refractivity contribution in [2.24, 2.45) is 0 Å². The lowest BCUT2D eigenvalue weighted by molar-refractivity contribution is 0.600. The highest BCUT2D eigenvalue weighted by Gasteiger charge is 2.24. The molecule has 0 saturated carbocycles. The van der Waals surface area contributed by atoms with Crippen LogP contribution < -0.4 is 4.72 Å². The molecular formula is C24H20N4O2S. The molecule has 1 N–H and O–H groups in total. The van der Waals surface area contributed by atoms with E-state index in [2.05, 4.69) is 15.9 Å². The lowest BCUT2D eigenvalue weighted by atomic mass is 10.0. The monoisotopic (exact) mass is 428 g/mol. The zero-order valence-corrected chi connectivity index (χ0v) is 17.7. The maximum atomic E-state index is 13.0. The maximum Gasteiger partial charge on any atom is 0.263 e. The summed E-state index contributed by atoms with van der Waals surface area (Å²) in [6.45, 7) is 2.31. The predicted molar refractivity (Wildman–Crippen MR) is 120 cm³/mol. The van der Waals surface area contributed by atoms with E-state index in [-0.39, 0.29) is 10.7 Å². The Kier molecular flexibility index (Phi) is 5.56. The SMILES string of the molecule is Cc1ccc(-c2c(NS(=O)(=O)c3ccccc3)nn(Cc3ccccc3)c2C#N)cc1. The summed E-state index contributed by atoms with van der Waals surface area (Å²) in [6, 6.07) is 27.4. The van der Waals surface area contributed by atoms with Crippen LogP contribution in [-0.2, 0) is 16.6 Å². The number of nitrogens with zero attached hydrogens (tertiary/aromatic N) is 3. The number of hydrogen-bond donors (Lipinski definition) is 1. The summed E-state index contributed by atoms with van der Waals surface area (Å²) in [7, 11) is -3.87. The summed E-state index contributed by atoms with van der Waals surface area (Å²) >= 11 is 0. The van der Waals surface area contributed by atoms with E-state index in [0.29, 0.717) is 23.4 Å². The molecular weight excluding hydrogens is 408 g/mol. The van der Waals surface area contributed by atoms with Gasteiger partial charge in [0.15, 0.2) is 5.82 Å². The fourth-order valence-corrected chi connectivity index (χ4v) is 4.33. The number of aryl methyl sites for hydroxylation is 1. The zero-order chi connectivity index (χ0) is 21.8. The van der Waals surface area contributed by atoms with Gasteiger partial charge in [0.2, 0.25) is 0 Å². The normalized spacial score (nSPS) is 11.1. The first kappa shape index (κ1) is 20.4. The van der Waals surface area contributed by atoms with Crippen molar-refractivity contribution in [3.8, 4) is 17.2 Å². The highest BCUT2D eigenvalue weighted by molar-refractivity contribution is 7.92. The van der Waals surface area contributed by atoms with Gasteiger partial charge in [-0.2, -0.15) is 10.4 Å². The van der Waals surface area contributed by atoms with E-state index in [9.17, 15) is 13.7 Å². The lowest BCUT2D eigenvalue weighted by Crippen LogP contribution is -2.14. The average Bonchev–Trinajstić information content (AvgIpc) is 3.11. The van der Waals surface area contributed by atoms with E-state index >= 15 is 0 Å². The van der Waals surface area contributed by atoms with Gasteiger partial charge >= 0.3 is 0 Å². The van der Waals surface area contributed by atoms with E-state index < -0.39 is 10.0 Å². The molecule has 1 aromatic heterocycles. The van der Waals surface area contributed by atoms with Gasteiger partial charge in [-0.15, -0.1) is 0 Å². The predicted octanol–water partition coefficient (Wildman–Crippen LogP) is 4.58. The highest BCUT2D eigenvalue weighted by atomic mass is 32.2. The van der Waals surface area contributed by atoms with E-state index in [1.807, 2.05) is 61.5 Å². The van der Waals surface area contributed by atoms with Crippen LogP contribution in [0.5, 0.6) is 0 Å². The Hall–Kier alpha value is -3.89. The van der Waals surface area contributed by atoms with Crippen molar-refractivity contribution in [3.05, 3.63) is 102 Å². The van der Waals surface area contributed by atoms with E-state index in [1.54, 1.807) is 18.2 Å². The molecule has 0 aliphatic heterocycles. The molecule has 6 nitrogen and oxygen atoms in total. The lowest BCUT2D eigenvalue weighted by Gasteiger charge is -2.08. The van der Waals surface area contributed by atoms with Crippen molar-refractivity contribution in [2.75, 3.05) is 4.72 Å². The fourth-order valence-electron chi connectivity index (χ4n) is 3.30. The molecule has 0 amide bonds. The van der Waals surface area contributed by atoms with E-state index in [1.165, 1.54) is 16.8 Å². The molecule has 3 aromatic carbocycles. The summed E-state index contributed by atoms with van der Waals surface area (Å²) in [5, 5.41) is 14.4. The second-order valence-corrected chi connectivity index (χ2v) is 8.79. The Morgan fingerprint density at radius 1 is 0.935 bits per heavy atom. The highest BCUT2D eigenvalue weighted by Crippen LogP contribution is 2.33. The van der Waals surface area contributed by atoms with Crippen LogP contribution in [0.4, 0.5) is 5.82 Å². The molecule has 0 bridgehead atoms. The third-order valence-corrected chi connectivity index (χ3v) is 6.21. The zero-order valence-electron chi connectivity index (χ0n) is 16.9. The van der Waals surface area contributed by atoms with E-state index in [0.717, 1.165) is 11.1 Å².